The topological polar surface area (TPSA) is 94.1 Å². The maximum atomic E-state index is 13.0. The van der Waals surface area contributed by atoms with Crippen LogP contribution in [0.3, 0.4) is 0 Å². The minimum absolute atomic E-state index is 0.131. The highest BCUT2D eigenvalue weighted by molar-refractivity contribution is 7.92. The molecule has 2 aromatic carbocycles. The molecule has 4 rings (SSSR count). The number of nitrogens with one attached hydrogen (secondary N) is 1. The zero-order valence-electron chi connectivity index (χ0n) is 15.8. The van der Waals surface area contributed by atoms with E-state index in [0.717, 1.165) is 5.39 Å². The second-order valence-electron chi connectivity index (χ2n) is 6.34. The Balaban J connectivity index is 1.74. The van der Waals surface area contributed by atoms with Gasteiger partial charge < -0.3 is 4.74 Å². The third-order valence-corrected chi connectivity index (χ3v) is 5.77. The Labute approximate surface area is 168 Å². The van der Waals surface area contributed by atoms with E-state index in [1.165, 1.54) is 0 Å². The lowest BCUT2D eigenvalue weighted by Crippen LogP contribution is -2.13. The fourth-order valence-corrected chi connectivity index (χ4v) is 4.16. The molecule has 4 aromatic rings. The number of aryl methyl sites for hydroxylation is 1. The molecule has 146 valence electrons. The van der Waals surface area contributed by atoms with Crippen molar-refractivity contribution < 1.29 is 13.2 Å². The van der Waals surface area contributed by atoms with Crippen molar-refractivity contribution in [3.8, 4) is 17.0 Å². The van der Waals surface area contributed by atoms with Crippen LogP contribution in [0.2, 0.25) is 0 Å². The van der Waals surface area contributed by atoms with Gasteiger partial charge in [0.1, 0.15) is 11.6 Å². The van der Waals surface area contributed by atoms with E-state index in [1.54, 1.807) is 68.9 Å². The van der Waals surface area contributed by atoms with Crippen molar-refractivity contribution in [2.24, 2.45) is 0 Å². The summed E-state index contributed by atoms with van der Waals surface area (Å²) in [7, 11) is -2.28. The first-order valence-corrected chi connectivity index (χ1v) is 10.3. The molecule has 0 fully saturated rings. The molecular weight excluding hydrogens is 388 g/mol. The van der Waals surface area contributed by atoms with E-state index in [1.807, 2.05) is 12.1 Å². The summed E-state index contributed by atoms with van der Waals surface area (Å²) >= 11 is 0. The number of anilines is 1. The van der Waals surface area contributed by atoms with Gasteiger partial charge in [0.2, 0.25) is 0 Å². The number of aromatic nitrogens is 3. The molecule has 0 atom stereocenters. The van der Waals surface area contributed by atoms with Crippen molar-refractivity contribution in [2.45, 2.75) is 11.8 Å². The normalized spacial score (nSPS) is 11.4. The minimum Gasteiger partial charge on any atom is -0.496 e. The Hall–Kier alpha value is -3.52. The van der Waals surface area contributed by atoms with Gasteiger partial charge in [0, 0.05) is 23.3 Å². The summed E-state index contributed by atoms with van der Waals surface area (Å²) in [6, 6.07) is 15.3. The molecule has 0 bridgehead atoms. The van der Waals surface area contributed by atoms with Gasteiger partial charge in [0.15, 0.2) is 0 Å². The van der Waals surface area contributed by atoms with Crippen LogP contribution >= 0.6 is 0 Å². The van der Waals surface area contributed by atoms with Crippen LogP contribution in [0.25, 0.3) is 22.2 Å². The van der Waals surface area contributed by atoms with Crippen LogP contribution in [0.15, 0.2) is 71.9 Å². The monoisotopic (exact) mass is 406 g/mol. The van der Waals surface area contributed by atoms with Crippen LogP contribution in [0.4, 0.5) is 5.69 Å². The molecule has 0 aliphatic rings. The molecule has 0 saturated heterocycles. The standard InChI is InChI=1S/C21H18N4O3S/c1-14-22-12-10-18(24-14)15-5-3-6-16(13-15)29(26,27)25-19-8-9-20(28-2)17-7-4-11-23-21(17)19/h3-13,25H,1-2H3. The molecule has 2 heterocycles. The lowest BCUT2D eigenvalue weighted by Gasteiger charge is -2.13. The second-order valence-corrected chi connectivity index (χ2v) is 8.02. The second kappa shape index (κ2) is 7.48. The molecule has 0 aliphatic carbocycles. The van der Waals surface area contributed by atoms with Crippen molar-refractivity contribution in [3.05, 3.63) is 72.8 Å². The van der Waals surface area contributed by atoms with Gasteiger partial charge in [-0.15, -0.1) is 0 Å². The molecule has 0 radical (unpaired) electrons. The van der Waals surface area contributed by atoms with Gasteiger partial charge in [-0.05, 0) is 49.4 Å². The Morgan fingerprint density at radius 1 is 0.966 bits per heavy atom. The van der Waals surface area contributed by atoms with E-state index in [4.69, 9.17) is 4.74 Å². The van der Waals surface area contributed by atoms with Gasteiger partial charge in [0.05, 0.1) is 28.9 Å². The summed E-state index contributed by atoms with van der Waals surface area (Å²) in [5, 5.41) is 0.723. The van der Waals surface area contributed by atoms with E-state index in [9.17, 15) is 8.42 Å². The number of methoxy groups -OCH3 is 1. The zero-order chi connectivity index (χ0) is 20.4. The lowest BCUT2D eigenvalue weighted by molar-refractivity contribution is 0.420. The van der Waals surface area contributed by atoms with Crippen LogP contribution in [-0.4, -0.2) is 30.5 Å². The summed E-state index contributed by atoms with van der Waals surface area (Å²) in [5.41, 5.74) is 2.24. The van der Waals surface area contributed by atoms with Gasteiger partial charge >= 0.3 is 0 Å². The van der Waals surface area contributed by atoms with Crippen molar-refractivity contribution in [2.75, 3.05) is 11.8 Å². The predicted octanol–water partition coefficient (Wildman–Crippen LogP) is 3.81. The molecule has 0 saturated carbocycles. The first kappa shape index (κ1) is 18.8. The SMILES string of the molecule is COc1ccc(NS(=O)(=O)c2cccc(-c3ccnc(C)n3)c2)c2ncccc12. The molecule has 0 aliphatic heterocycles. The number of pyridine rings is 1. The summed E-state index contributed by atoms with van der Waals surface area (Å²) in [4.78, 5) is 12.9. The molecule has 29 heavy (non-hydrogen) atoms. The minimum atomic E-state index is -3.84. The number of sulfonamides is 1. The summed E-state index contributed by atoms with van der Waals surface area (Å²) < 4.78 is 34.1. The molecule has 8 heteroatoms. The zero-order valence-corrected chi connectivity index (χ0v) is 16.6. The molecule has 0 spiro atoms. The Kier molecular flexibility index (Phi) is 4.85. The number of hydrogen-bond acceptors (Lipinski definition) is 6. The third kappa shape index (κ3) is 3.74. The van der Waals surface area contributed by atoms with E-state index in [0.29, 0.717) is 34.0 Å². The number of benzene rings is 2. The highest BCUT2D eigenvalue weighted by Crippen LogP contribution is 2.31. The molecule has 1 N–H and O–H groups in total. The smallest absolute Gasteiger partial charge is 0.261 e. The van der Waals surface area contributed by atoms with Gasteiger partial charge in [0.25, 0.3) is 10.0 Å². The van der Waals surface area contributed by atoms with Crippen LogP contribution in [0, 0.1) is 6.92 Å². The summed E-state index contributed by atoms with van der Waals surface area (Å²) in [5.74, 6) is 1.24. The molecule has 7 nitrogen and oxygen atoms in total. The van der Waals surface area contributed by atoms with Gasteiger partial charge in [-0.2, -0.15) is 0 Å². The Bertz CT molecular complexity index is 1310. The highest BCUT2D eigenvalue weighted by Gasteiger charge is 2.18. The number of hydrogen-bond donors (Lipinski definition) is 1. The maximum Gasteiger partial charge on any atom is 0.261 e. The lowest BCUT2D eigenvalue weighted by atomic mass is 10.1. The maximum absolute atomic E-state index is 13.0. The van der Waals surface area contributed by atoms with Gasteiger partial charge in [-0.1, -0.05) is 12.1 Å². The molecule has 2 aromatic heterocycles. The van der Waals surface area contributed by atoms with Crippen LogP contribution in [-0.2, 0) is 10.0 Å². The Morgan fingerprint density at radius 2 is 1.83 bits per heavy atom. The molecular formula is C21H18N4O3S. The number of nitrogens with zero attached hydrogens (tertiary/aromatic N) is 3. The first-order valence-electron chi connectivity index (χ1n) is 8.82. The van der Waals surface area contributed by atoms with Crippen molar-refractivity contribution in [1.29, 1.82) is 0 Å². The predicted molar refractivity (Wildman–Crippen MR) is 111 cm³/mol. The van der Waals surface area contributed by atoms with Crippen molar-refractivity contribution in [3.63, 3.8) is 0 Å². The largest absolute Gasteiger partial charge is 0.496 e. The summed E-state index contributed by atoms with van der Waals surface area (Å²) in [6.45, 7) is 1.79. The highest BCUT2D eigenvalue weighted by atomic mass is 32.2. The van der Waals surface area contributed by atoms with E-state index in [-0.39, 0.29) is 4.90 Å². The van der Waals surface area contributed by atoms with Crippen LogP contribution in [0.1, 0.15) is 5.82 Å². The van der Waals surface area contributed by atoms with E-state index < -0.39 is 10.0 Å². The van der Waals surface area contributed by atoms with Crippen molar-refractivity contribution >= 4 is 26.6 Å². The fourth-order valence-electron chi connectivity index (χ4n) is 3.05. The number of rotatable bonds is 5. The van der Waals surface area contributed by atoms with Gasteiger partial charge in [-0.3, -0.25) is 9.71 Å². The van der Waals surface area contributed by atoms with Gasteiger partial charge in [-0.25, -0.2) is 18.4 Å². The number of ether oxygens (including phenoxy) is 1. The van der Waals surface area contributed by atoms with Crippen LogP contribution in [0.5, 0.6) is 5.75 Å². The fraction of sp³-hybridized carbons (Fsp3) is 0.0952. The first-order chi connectivity index (χ1) is 14.0. The third-order valence-electron chi connectivity index (χ3n) is 4.41. The Morgan fingerprint density at radius 3 is 2.62 bits per heavy atom. The molecule has 0 unspecified atom stereocenters. The molecule has 0 amide bonds. The quantitative estimate of drug-likeness (QED) is 0.542. The van der Waals surface area contributed by atoms with Crippen LogP contribution < -0.4 is 9.46 Å². The number of fused-ring (bicyclic) bond motifs is 1. The van der Waals surface area contributed by atoms with E-state index >= 15 is 0 Å². The average Bonchev–Trinajstić information content (AvgIpc) is 2.74. The average molecular weight is 406 g/mol. The van der Waals surface area contributed by atoms with E-state index in [2.05, 4.69) is 19.7 Å². The summed E-state index contributed by atoms with van der Waals surface area (Å²) in [6.07, 6.45) is 3.25. The van der Waals surface area contributed by atoms with Crippen molar-refractivity contribution in [1.82, 2.24) is 15.0 Å².